The molecule has 1 aromatic heterocycles. The molecule has 1 fully saturated rings. The second kappa shape index (κ2) is 9.31. The van der Waals surface area contributed by atoms with Crippen molar-refractivity contribution in [3.05, 3.63) is 74.8 Å². The van der Waals surface area contributed by atoms with Crippen LogP contribution in [0.3, 0.4) is 0 Å². The Morgan fingerprint density at radius 3 is 2.55 bits per heavy atom. The number of amides is 1. The fraction of sp³-hybridized carbons (Fsp3) is 0.375. The monoisotopic (exact) mass is 420 g/mol. The molecule has 0 radical (unpaired) electrons. The predicted molar refractivity (Wildman–Crippen MR) is 122 cm³/mol. The molecule has 4 rings (SSSR count). The molecule has 1 atom stereocenters. The van der Waals surface area contributed by atoms with Crippen LogP contribution >= 0.6 is 0 Å². The molecule has 0 spiro atoms. The topological polar surface area (TPSA) is 87.2 Å². The van der Waals surface area contributed by atoms with Crippen molar-refractivity contribution in [2.75, 3.05) is 11.9 Å². The van der Waals surface area contributed by atoms with Crippen LogP contribution in [0.1, 0.15) is 38.2 Å². The Morgan fingerprint density at radius 2 is 1.81 bits per heavy atom. The van der Waals surface area contributed by atoms with E-state index < -0.39 is 0 Å². The molecule has 0 aliphatic carbocycles. The number of anilines is 1. The van der Waals surface area contributed by atoms with E-state index in [2.05, 4.69) is 22.2 Å². The zero-order valence-electron chi connectivity index (χ0n) is 17.8. The summed E-state index contributed by atoms with van der Waals surface area (Å²) in [6.45, 7) is 4.45. The first-order chi connectivity index (χ1) is 15.0. The summed E-state index contributed by atoms with van der Waals surface area (Å²) in [4.78, 5) is 39.6. The van der Waals surface area contributed by atoms with E-state index in [9.17, 15) is 14.4 Å². The van der Waals surface area contributed by atoms with Gasteiger partial charge in [-0.2, -0.15) is 0 Å². The van der Waals surface area contributed by atoms with Gasteiger partial charge in [-0.1, -0.05) is 30.7 Å². The van der Waals surface area contributed by atoms with E-state index in [1.165, 1.54) is 29.5 Å². The van der Waals surface area contributed by atoms with Crippen LogP contribution < -0.4 is 16.4 Å². The third-order valence-corrected chi connectivity index (χ3v) is 6.01. The van der Waals surface area contributed by atoms with Crippen molar-refractivity contribution in [1.82, 2.24) is 14.7 Å². The van der Waals surface area contributed by atoms with Gasteiger partial charge in [-0.15, -0.1) is 0 Å². The molecule has 0 saturated carbocycles. The summed E-state index contributed by atoms with van der Waals surface area (Å²) >= 11 is 0. The van der Waals surface area contributed by atoms with Gasteiger partial charge in [-0.25, -0.2) is 4.68 Å². The molecule has 1 unspecified atom stereocenters. The lowest BCUT2D eigenvalue weighted by molar-refractivity contribution is -0.116. The molecule has 7 nitrogen and oxygen atoms in total. The van der Waals surface area contributed by atoms with Gasteiger partial charge in [0, 0.05) is 24.7 Å². The van der Waals surface area contributed by atoms with E-state index in [-0.39, 0.29) is 30.0 Å². The molecule has 7 heteroatoms. The number of carbonyl (C=O) groups excluding carboxylic acids is 1. The first-order valence-electron chi connectivity index (χ1n) is 10.9. The number of piperidine rings is 1. The van der Waals surface area contributed by atoms with Gasteiger partial charge < -0.3 is 5.32 Å². The standard InChI is InChI=1S/C24H28N4O3/c1-17-6-4-5-14-27(17)16-18-9-11-19(12-10-18)25-22(29)13-15-28-24(31)21-8-3-2-7-20(21)23(30)26-28/h2-3,7-12,17H,4-6,13-16H2,1H3,(H,25,29)(H,26,30). The largest absolute Gasteiger partial charge is 0.326 e. The minimum Gasteiger partial charge on any atom is -0.326 e. The highest BCUT2D eigenvalue weighted by Crippen LogP contribution is 2.20. The fourth-order valence-electron chi connectivity index (χ4n) is 4.16. The van der Waals surface area contributed by atoms with E-state index in [1.807, 2.05) is 24.3 Å². The molecule has 3 aromatic rings. The quantitative estimate of drug-likeness (QED) is 0.642. The Hall–Kier alpha value is -3.19. The highest BCUT2D eigenvalue weighted by molar-refractivity contribution is 5.90. The lowest BCUT2D eigenvalue weighted by Crippen LogP contribution is -2.36. The summed E-state index contributed by atoms with van der Waals surface area (Å²) in [6.07, 6.45) is 3.90. The number of likely N-dealkylation sites (tertiary alicyclic amines) is 1. The Balaban J connectivity index is 1.35. The van der Waals surface area contributed by atoms with E-state index in [0.29, 0.717) is 16.8 Å². The molecule has 2 aromatic carbocycles. The number of nitrogens with one attached hydrogen (secondary N) is 2. The molecule has 162 valence electrons. The van der Waals surface area contributed by atoms with Gasteiger partial charge in [-0.3, -0.25) is 24.4 Å². The molecule has 1 aliphatic rings. The second-order valence-electron chi connectivity index (χ2n) is 8.25. The normalized spacial score (nSPS) is 17.0. The second-order valence-corrected chi connectivity index (χ2v) is 8.25. The van der Waals surface area contributed by atoms with Crippen LogP contribution in [0.4, 0.5) is 5.69 Å². The lowest BCUT2D eigenvalue weighted by Gasteiger charge is -2.33. The lowest BCUT2D eigenvalue weighted by atomic mass is 10.0. The van der Waals surface area contributed by atoms with Crippen molar-refractivity contribution >= 4 is 22.4 Å². The number of hydrogen-bond acceptors (Lipinski definition) is 4. The SMILES string of the molecule is CC1CCCCN1Cc1ccc(NC(=O)CCn2[nH]c(=O)c3ccccc3c2=O)cc1. The Bertz CT molecular complexity index is 1180. The van der Waals surface area contributed by atoms with Gasteiger partial charge in [0.15, 0.2) is 0 Å². The molecule has 0 bridgehead atoms. The maximum absolute atomic E-state index is 12.5. The van der Waals surface area contributed by atoms with Gasteiger partial charge in [0.1, 0.15) is 0 Å². The maximum atomic E-state index is 12.5. The average molecular weight is 421 g/mol. The molecule has 2 N–H and O–H groups in total. The van der Waals surface area contributed by atoms with E-state index in [1.54, 1.807) is 24.3 Å². The number of carbonyl (C=O) groups is 1. The van der Waals surface area contributed by atoms with Gasteiger partial charge in [0.05, 0.1) is 17.3 Å². The van der Waals surface area contributed by atoms with Crippen molar-refractivity contribution in [3.8, 4) is 0 Å². The first kappa shape index (κ1) is 21.1. The van der Waals surface area contributed by atoms with Crippen molar-refractivity contribution < 1.29 is 4.79 Å². The molecular formula is C24H28N4O3. The highest BCUT2D eigenvalue weighted by atomic mass is 16.2. The Kier molecular flexibility index (Phi) is 6.32. The number of aromatic nitrogens is 2. The number of fused-ring (bicyclic) bond motifs is 1. The van der Waals surface area contributed by atoms with Gasteiger partial charge in [-0.05, 0) is 56.1 Å². The third-order valence-electron chi connectivity index (χ3n) is 6.01. The van der Waals surface area contributed by atoms with Crippen LogP contribution in [0, 0.1) is 0 Å². The summed E-state index contributed by atoms with van der Waals surface area (Å²) in [5.41, 5.74) is 1.31. The molecule has 1 aliphatic heterocycles. The molecule has 1 saturated heterocycles. The summed E-state index contributed by atoms with van der Waals surface area (Å²) in [6, 6.07) is 15.2. The fourth-order valence-corrected chi connectivity index (χ4v) is 4.16. The van der Waals surface area contributed by atoms with Crippen LogP contribution in [-0.2, 0) is 17.9 Å². The zero-order chi connectivity index (χ0) is 21.8. The number of aromatic amines is 1. The summed E-state index contributed by atoms with van der Waals surface area (Å²) in [5, 5.41) is 6.12. The van der Waals surface area contributed by atoms with Crippen LogP contribution in [0.15, 0.2) is 58.1 Å². The minimum atomic E-state index is -0.339. The first-order valence-corrected chi connectivity index (χ1v) is 10.9. The third kappa shape index (κ3) is 4.94. The van der Waals surface area contributed by atoms with Crippen LogP contribution in [0.5, 0.6) is 0 Å². The number of rotatable bonds is 6. The van der Waals surface area contributed by atoms with Gasteiger partial charge >= 0.3 is 0 Å². The number of hydrogen-bond donors (Lipinski definition) is 2. The van der Waals surface area contributed by atoms with E-state index in [0.717, 1.165) is 18.8 Å². The molecular weight excluding hydrogens is 392 g/mol. The number of nitrogens with zero attached hydrogens (tertiary/aromatic N) is 2. The van der Waals surface area contributed by atoms with Gasteiger partial charge in [0.25, 0.3) is 11.1 Å². The number of H-pyrrole nitrogens is 1. The van der Waals surface area contributed by atoms with Crippen molar-refractivity contribution in [1.29, 1.82) is 0 Å². The molecule has 31 heavy (non-hydrogen) atoms. The van der Waals surface area contributed by atoms with Crippen molar-refractivity contribution in [2.24, 2.45) is 0 Å². The molecule has 2 heterocycles. The van der Waals surface area contributed by atoms with Crippen LogP contribution in [0.2, 0.25) is 0 Å². The molecule has 1 amide bonds. The van der Waals surface area contributed by atoms with Crippen LogP contribution in [0.25, 0.3) is 10.8 Å². The highest BCUT2D eigenvalue weighted by Gasteiger charge is 2.18. The van der Waals surface area contributed by atoms with E-state index >= 15 is 0 Å². The maximum Gasteiger partial charge on any atom is 0.273 e. The van der Waals surface area contributed by atoms with Crippen molar-refractivity contribution in [2.45, 2.75) is 51.7 Å². The Labute approximate surface area is 180 Å². The smallest absolute Gasteiger partial charge is 0.273 e. The minimum absolute atomic E-state index is 0.0846. The van der Waals surface area contributed by atoms with Crippen molar-refractivity contribution in [3.63, 3.8) is 0 Å². The van der Waals surface area contributed by atoms with Gasteiger partial charge in [0.2, 0.25) is 5.91 Å². The number of aryl methyl sites for hydroxylation is 1. The average Bonchev–Trinajstić information content (AvgIpc) is 2.78. The van der Waals surface area contributed by atoms with Crippen LogP contribution in [-0.4, -0.2) is 33.2 Å². The summed E-state index contributed by atoms with van der Waals surface area (Å²) < 4.78 is 1.20. The Morgan fingerprint density at radius 1 is 1.06 bits per heavy atom. The number of benzene rings is 2. The predicted octanol–water partition coefficient (Wildman–Crippen LogP) is 3.09. The zero-order valence-corrected chi connectivity index (χ0v) is 17.8. The summed E-state index contributed by atoms with van der Waals surface area (Å²) in [7, 11) is 0. The van der Waals surface area contributed by atoms with E-state index in [4.69, 9.17) is 0 Å². The summed E-state index contributed by atoms with van der Waals surface area (Å²) in [5.74, 6) is -0.210.